The molecule has 1 aliphatic heterocycles. The predicted molar refractivity (Wildman–Crippen MR) is 215 cm³/mol. The number of nitrogens with zero attached hydrogens (tertiary/aromatic N) is 3. The van der Waals surface area contributed by atoms with Crippen LogP contribution in [0.25, 0.3) is 22.2 Å². The molecule has 1 unspecified atom stereocenters. The van der Waals surface area contributed by atoms with E-state index in [2.05, 4.69) is 21.9 Å². The molecule has 16 nitrogen and oxygen atoms in total. The van der Waals surface area contributed by atoms with Gasteiger partial charge in [0.05, 0.1) is 52.9 Å². The zero-order valence-corrected chi connectivity index (χ0v) is 32.7. The van der Waals surface area contributed by atoms with E-state index >= 15 is 0 Å². The Morgan fingerprint density at radius 1 is 1.02 bits per heavy atom. The summed E-state index contributed by atoms with van der Waals surface area (Å²) < 4.78 is 54.9. The van der Waals surface area contributed by atoms with Gasteiger partial charge < -0.3 is 25.0 Å². The molecule has 7 rings (SSSR count). The SMILES string of the molecule is C=C[C@@H]1C[C@]1(NC(=O)[C@@H]1CC(Oc2cc(-c3ccccc3)nc3cc(OC)ccc23)CN1C(=O)CNC(=O)c1ccc([N+](=O)[O-])cc1F)C(=O)NS(=O)(=O)c1ccccc1. The summed E-state index contributed by atoms with van der Waals surface area (Å²) in [5, 5.41) is 16.7. The van der Waals surface area contributed by atoms with Crippen molar-refractivity contribution in [3.63, 3.8) is 0 Å². The second-order valence-corrected chi connectivity index (χ2v) is 15.8. The minimum Gasteiger partial charge on any atom is -0.497 e. The first-order chi connectivity index (χ1) is 28.7. The minimum absolute atomic E-state index is 0.0184. The van der Waals surface area contributed by atoms with Crippen molar-refractivity contribution in [2.24, 2.45) is 5.92 Å². The van der Waals surface area contributed by atoms with E-state index in [9.17, 15) is 42.1 Å². The lowest BCUT2D eigenvalue weighted by molar-refractivity contribution is -0.385. The number of nitrogens with one attached hydrogen (secondary N) is 3. The normalized spacial score (nSPS) is 19.5. The van der Waals surface area contributed by atoms with E-state index in [0.717, 1.165) is 22.6 Å². The third-order valence-corrected chi connectivity index (χ3v) is 11.7. The molecule has 1 saturated heterocycles. The lowest BCUT2D eigenvalue weighted by Crippen LogP contribution is -2.57. The van der Waals surface area contributed by atoms with E-state index in [-0.39, 0.29) is 24.3 Å². The molecule has 0 bridgehead atoms. The van der Waals surface area contributed by atoms with Crippen LogP contribution in [0.3, 0.4) is 0 Å². The molecule has 0 spiro atoms. The monoisotopic (exact) mass is 836 g/mol. The molecular formula is C42H37FN6O10S. The van der Waals surface area contributed by atoms with Gasteiger partial charge >= 0.3 is 0 Å². The highest BCUT2D eigenvalue weighted by atomic mass is 32.2. The fourth-order valence-electron chi connectivity index (χ4n) is 7.11. The molecule has 2 fully saturated rings. The number of likely N-dealkylation sites (tertiary alicyclic amines) is 1. The highest BCUT2D eigenvalue weighted by molar-refractivity contribution is 7.90. The smallest absolute Gasteiger partial charge is 0.272 e. The number of carbonyl (C=O) groups is 4. The summed E-state index contributed by atoms with van der Waals surface area (Å²) in [7, 11) is -2.81. The van der Waals surface area contributed by atoms with Crippen molar-refractivity contribution in [1.29, 1.82) is 0 Å². The Hall–Kier alpha value is -7.21. The number of nitro groups is 1. The first kappa shape index (κ1) is 41.0. The van der Waals surface area contributed by atoms with Gasteiger partial charge in [-0.2, -0.15) is 0 Å². The maximum Gasteiger partial charge on any atom is 0.272 e. The molecule has 1 saturated carbocycles. The lowest BCUT2D eigenvalue weighted by Gasteiger charge is -2.26. The first-order valence-electron chi connectivity index (χ1n) is 18.5. The van der Waals surface area contributed by atoms with Crippen molar-refractivity contribution in [3.05, 3.63) is 137 Å². The van der Waals surface area contributed by atoms with Gasteiger partial charge in [-0.1, -0.05) is 54.6 Å². The Balaban J connectivity index is 1.17. The Morgan fingerprint density at radius 3 is 2.38 bits per heavy atom. The summed E-state index contributed by atoms with van der Waals surface area (Å²) in [6.45, 7) is 2.82. The van der Waals surface area contributed by atoms with E-state index in [0.29, 0.717) is 34.2 Å². The van der Waals surface area contributed by atoms with E-state index in [1.54, 1.807) is 30.3 Å². The Kier molecular flexibility index (Phi) is 11.3. The highest BCUT2D eigenvalue weighted by Gasteiger charge is 2.61. The molecule has 1 aliphatic carbocycles. The molecule has 308 valence electrons. The van der Waals surface area contributed by atoms with Gasteiger partial charge in [-0.25, -0.2) is 22.5 Å². The van der Waals surface area contributed by atoms with Gasteiger partial charge in [0.25, 0.3) is 27.5 Å². The van der Waals surface area contributed by atoms with E-state index in [4.69, 9.17) is 14.5 Å². The third kappa shape index (κ3) is 8.35. The van der Waals surface area contributed by atoms with Crippen LogP contribution in [0.2, 0.25) is 0 Å². The van der Waals surface area contributed by atoms with Crippen LogP contribution in [0.1, 0.15) is 23.2 Å². The van der Waals surface area contributed by atoms with Crippen LogP contribution in [-0.2, 0) is 24.4 Å². The Bertz CT molecular complexity index is 2650. The third-order valence-electron chi connectivity index (χ3n) is 10.4. The number of rotatable bonds is 14. The van der Waals surface area contributed by atoms with E-state index in [1.807, 2.05) is 30.3 Å². The van der Waals surface area contributed by atoms with Crippen molar-refractivity contribution in [3.8, 4) is 22.8 Å². The topological polar surface area (TPSA) is 216 Å². The van der Waals surface area contributed by atoms with Gasteiger partial charge in [0, 0.05) is 41.5 Å². The zero-order chi connectivity index (χ0) is 42.8. The molecule has 0 radical (unpaired) electrons. The number of aromatic nitrogens is 1. The van der Waals surface area contributed by atoms with Gasteiger partial charge in [0.1, 0.15) is 35.0 Å². The minimum atomic E-state index is -4.33. The number of methoxy groups -OCH3 is 1. The quantitative estimate of drug-likeness (QED) is 0.0814. The number of halogens is 1. The second kappa shape index (κ2) is 16.6. The molecule has 60 heavy (non-hydrogen) atoms. The number of sulfonamides is 1. The molecule has 4 amide bonds. The fraction of sp³-hybridized carbons (Fsp3) is 0.214. The summed E-state index contributed by atoms with van der Waals surface area (Å²) in [6, 6.07) is 24.6. The van der Waals surface area contributed by atoms with Gasteiger partial charge in [0.15, 0.2) is 0 Å². The molecule has 2 heterocycles. The number of benzene rings is 4. The van der Waals surface area contributed by atoms with Crippen LogP contribution in [0.15, 0.2) is 121 Å². The van der Waals surface area contributed by atoms with Crippen LogP contribution in [0.4, 0.5) is 10.1 Å². The van der Waals surface area contributed by atoms with Crippen molar-refractivity contribution in [2.45, 2.75) is 35.4 Å². The molecule has 3 N–H and O–H groups in total. The average Bonchev–Trinajstić information content (AvgIpc) is 3.81. The van der Waals surface area contributed by atoms with Crippen LogP contribution >= 0.6 is 0 Å². The number of fused-ring (bicyclic) bond motifs is 1. The number of carbonyl (C=O) groups excluding carboxylic acids is 4. The highest BCUT2D eigenvalue weighted by Crippen LogP contribution is 2.45. The van der Waals surface area contributed by atoms with Gasteiger partial charge in [0.2, 0.25) is 11.8 Å². The average molecular weight is 837 g/mol. The summed E-state index contributed by atoms with van der Waals surface area (Å²) in [5.41, 5.74) is -0.964. The summed E-state index contributed by atoms with van der Waals surface area (Å²) >= 11 is 0. The lowest BCUT2D eigenvalue weighted by atomic mass is 10.1. The van der Waals surface area contributed by atoms with Crippen molar-refractivity contribution in [2.75, 3.05) is 20.2 Å². The molecular weight excluding hydrogens is 800 g/mol. The van der Waals surface area contributed by atoms with Crippen LogP contribution in [0.5, 0.6) is 11.5 Å². The number of ether oxygens (including phenoxy) is 2. The maximum absolute atomic E-state index is 14.7. The second-order valence-electron chi connectivity index (χ2n) is 14.2. The number of non-ortho nitro benzene ring substituents is 1. The van der Waals surface area contributed by atoms with Gasteiger partial charge in [-0.05, 0) is 36.8 Å². The molecule has 18 heteroatoms. The predicted octanol–water partition coefficient (Wildman–Crippen LogP) is 4.30. The summed E-state index contributed by atoms with van der Waals surface area (Å²) in [6.07, 6.45) is 0.479. The zero-order valence-electron chi connectivity index (χ0n) is 31.9. The van der Waals surface area contributed by atoms with Crippen LogP contribution < -0.4 is 24.8 Å². The number of pyridine rings is 1. The Morgan fingerprint density at radius 2 is 1.73 bits per heavy atom. The largest absolute Gasteiger partial charge is 0.497 e. The van der Waals surface area contributed by atoms with Crippen LogP contribution in [-0.4, -0.2) is 84.7 Å². The first-order valence-corrected chi connectivity index (χ1v) is 20.0. The maximum atomic E-state index is 14.7. The van der Waals surface area contributed by atoms with Crippen LogP contribution in [0, 0.1) is 21.8 Å². The van der Waals surface area contributed by atoms with Crippen molar-refractivity contribution >= 4 is 50.2 Å². The van der Waals surface area contributed by atoms with Crippen molar-refractivity contribution < 1.29 is 46.4 Å². The molecule has 4 aromatic carbocycles. The number of hydrogen-bond acceptors (Lipinski definition) is 11. The number of amides is 4. The van der Waals surface area contributed by atoms with Gasteiger partial charge in [-0.3, -0.25) is 29.3 Å². The standard InChI is InChI=1S/C42H37FN6O10S/c1-3-26-22-42(26,41(53)47-60(56,57)30-12-8-5-9-13-30)46-40(52)36-20-29(24-48(36)38(50)23-44-39(51)31-16-14-27(49(54)55)18-33(31)43)59-37-21-34(25-10-6-4-7-11-25)45-35-19-28(58-2)15-17-32(35)37/h3-19,21,26,29,36H,1,20,22-24H2,2H3,(H,44,51)(H,46,52)(H,47,53)/t26-,29?,36+,42-/m1/s1. The summed E-state index contributed by atoms with van der Waals surface area (Å²) in [4.78, 5) is 70.9. The Labute approximate surface area is 342 Å². The number of hydrogen-bond donors (Lipinski definition) is 3. The van der Waals surface area contributed by atoms with E-state index in [1.165, 1.54) is 37.5 Å². The molecule has 2 aliphatic rings. The van der Waals surface area contributed by atoms with Gasteiger partial charge in [-0.15, -0.1) is 6.58 Å². The van der Waals surface area contributed by atoms with E-state index < -0.39 is 85.8 Å². The molecule has 1 aromatic heterocycles. The van der Waals surface area contributed by atoms with Crippen molar-refractivity contribution in [1.82, 2.24) is 25.2 Å². The fourth-order valence-corrected chi connectivity index (χ4v) is 8.17. The number of nitro benzene ring substituents is 1. The molecule has 4 atom stereocenters. The summed E-state index contributed by atoms with van der Waals surface area (Å²) in [5.74, 6) is -4.56. The molecule has 5 aromatic rings.